The third-order valence-corrected chi connectivity index (χ3v) is 4.73. The Morgan fingerprint density at radius 2 is 2.16 bits per heavy atom. The fourth-order valence-electron chi connectivity index (χ4n) is 1.87. The van der Waals surface area contributed by atoms with Crippen molar-refractivity contribution in [1.82, 2.24) is 5.32 Å². The molecule has 0 radical (unpaired) electrons. The second-order valence-corrected chi connectivity index (χ2v) is 6.48. The van der Waals surface area contributed by atoms with Gasteiger partial charge in [-0.1, -0.05) is 17.7 Å². The summed E-state index contributed by atoms with van der Waals surface area (Å²) in [6.45, 7) is 4.86. The molecular weight excluding hydrogens is 322 g/mol. The molecule has 1 N–H and O–H groups in total. The predicted molar refractivity (Wildman–Crippen MR) is 85.0 cm³/mol. The zero-order chi connectivity index (χ0) is 13.8. The van der Waals surface area contributed by atoms with Crippen LogP contribution in [0.25, 0.3) is 0 Å². The van der Waals surface area contributed by atoms with Crippen LogP contribution >= 0.6 is 27.3 Å². The van der Waals surface area contributed by atoms with Gasteiger partial charge < -0.3 is 10.1 Å². The van der Waals surface area contributed by atoms with Crippen molar-refractivity contribution in [2.75, 3.05) is 7.05 Å². The van der Waals surface area contributed by atoms with Crippen LogP contribution in [0.1, 0.15) is 29.0 Å². The molecule has 1 heterocycles. The van der Waals surface area contributed by atoms with E-state index in [2.05, 4.69) is 64.7 Å². The van der Waals surface area contributed by atoms with Gasteiger partial charge in [-0.2, -0.15) is 0 Å². The maximum atomic E-state index is 5.96. The van der Waals surface area contributed by atoms with Crippen LogP contribution in [0.2, 0.25) is 0 Å². The summed E-state index contributed by atoms with van der Waals surface area (Å²) < 4.78 is 7.08. The first kappa shape index (κ1) is 14.6. The molecule has 0 saturated heterocycles. The molecule has 0 fully saturated rings. The van der Waals surface area contributed by atoms with Crippen LogP contribution in [0.3, 0.4) is 0 Å². The van der Waals surface area contributed by atoms with Crippen molar-refractivity contribution in [1.29, 1.82) is 0 Å². The van der Waals surface area contributed by atoms with E-state index < -0.39 is 0 Å². The lowest BCUT2D eigenvalue weighted by Gasteiger charge is -2.17. The zero-order valence-corrected chi connectivity index (χ0v) is 13.8. The van der Waals surface area contributed by atoms with Gasteiger partial charge in [0.2, 0.25) is 0 Å². The summed E-state index contributed by atoms with van der Waals surface area (Å²) in [6.07, 6.45) is 0. The van der Waals surface area contributed by atoms with Gasteiger partial charge in [-0.3, -0.25) is 0 Å². The molecule has 0 aliphatic heterocycles. The van der Waals surface area contributed by atoms with E-state index in [4.69, 9.17) is 4.74 Å². The van der Waals surface area contributed by atoms with Crippen LogP contribution in [-0.2, 0) is 6.61 Å². The smallest absolute Gasteiger partial charge is 0.124 e. The lowest BCUT2D eigenvalue weighted by atomic mass is 10.0. The Bertz CT molecular complexity index is 553. The molecular formula is C15H18BrNOS. The molecule has 1 aromatic carbocycles. The highest BCUT2D eigenvalue weighted by Gasteiger charge is 2.11. The molecule has 19 heavy (non-hydrogen) atoms. The number of hydrogen-bond acceptors (Lipinski definition) is 3. The first-order valence-corrected chi connectivity index (χ1v) is 7.91. The second-order valence-electron chi connectivity index (χ2n) is 4.57. The summed E-state index contributed by atoms with van der Waals surface area (Å²) in [5.41, 5.74) is 2.46. The number of thiophene rings is 1. The molecule has 2 aromatic rings. The summed E-state index contributed by atoms with van der Waals surface area (Å²) in [6, 6.07) is 8.71. The SMILES string of the molecule is CNC(C)c1cc(C)ccc1OCc1cc(Br)cs1. The molecule has 102 valence electrons. The van der Waals surface area contributed by atoms with Gasteiger partial charge in [0.25, 0.3) is 0 Å². The molecule has 1 atom stereocenters. The Balaban J connectivity index is 2.15. The minimum Gasteiger partial charge on any atom is -0.488 e. The molecule has 0 aliphatic carbocycles. The molecule has 0 bridgehead atoms. The topological polar surface area (TPSA) is 21.3 Å². The van der Waals surface area contributed by atoms with Crippen LogP contribution < -0.4 is 10.1 Å². The third kappa shape index (κ3) is 3.81. The maximum absolute atomic E-state index is 5.96. The highest BCUT2D eigenvalue weighted by molar-refractivity contribution is 9.10. The molecule has 2 rings (SSSR count). The molecule has 0 amide bonds. The van der Waals surface area contributed by atoms with Crippen LogP contribution in [0, 0.1) is 6.92 Å². The van der Waals surface area contributed by atoms with Gasteiger partial charge >= 0.3 is 0 Å². The van der Waals surface area contributed by atoms with Crippen molar-refractivity contribution in [3.63, 3.8) is 0 Å². The summed E-state index contributed by atoms with van der Waals surface area (Å²) in [5, 5.41) is 5.34. The molecule has 2 nitrogen and oxygen atoms in total. The van der Waals surface area contributed by atoms with E-state index >= 15 is 0 Å². The summed E-state index contributed by atoms with van der Waals surface area (Å²) in [7, 11) is 1.97. The standard InChI is InChI=1S/C15H18BrNOS/c1-10-4-5-15(14(6-10)11(2)17-3)18-8-13-7-12(16)9-19-13/h4-7,9,11,17H,8H2,1-3H3. The highest BCUT2D eigenvalue weighted by Crippen LogP contribution is 2.28. The van der Waals surface area contributed by atoms with Gasteiger partial charge in [0.05, 0.1) is 0 Å². The van der Waals surface area contributed by atoms with Crippen molar-refractivity contribution < 1.29 is 4.74 Å². The number of hydrogen-bond donors (Lipinski definition) is 1. The van der Waals surface area contributed by atoms with E-state index in [-0.39, 0.29) is 6.04 Å². The number of benzene rings is 1. The summed E-state index contributed by atoms with van der Waals surface area (Å²) in [5.74, 6) is 0.956. The Morgan fingerprint density at radius 1 is 1.37 bits per heavy atom. The average molecular weight is 340 g/mol. The van der Waals surface area contributed by atoms with Gasteiger partial charge in [0.15, 0.2) is 0 Å². The summed E-state index contributed by atoms with van der Waals surface area (Å²) in [4.78, 5) is 1.22. The van der Waals surface area contributed by atoms with Gasteiger partial charge in [-0.25, -0.2) is 0 Å². The summed E-state index contributed by atoms with van der Waals surface area (Å²) >= 11 is 5.17. The Morgan fingerprint density at radius 3 is 2.79 bits per heavy atom. The number of halogens is 1. The fraction of sp³-hybridized carbons (Fsp3) is 0.333. The first-order valence-electron chi connectivity index (χ1n) is 6.23. The number of rotatable bonds is 5. The van der Waals surface area contributed by atoms with Crippen molar-refractivity contribution >= 4 is 27.3 Å². The minimum atomic E-state index is 0.282. The van der Waals surface area contributed by atoms with Gasteiger partial charge in [-0.15, -0.1) is 11.3 Å². The number of aryl methyl sites for hydroxylation is 1. The van der Waals surface area contributed by atoms with Crippen LogP contribution in [-0.4, -0.2) is 7.05 Å². The van der Waals surface area contributed by atoms with E-state index in [0.717, 1.165) is 10.2 Å². The lowest BCUT2D eigenvalue weighted by Crippen LogP contribution is -2.14. The van der Waals surface area contributed by atoms with Gasteiger partial charge in [-0.05, 0) is 49.0 Å². The maximum Gasteiger partial charge on any atom is 0.124 e. The second kappa shape index (κ2) is 6.55. The van der Waals surface area contributed by atoms with E-state index in [9.17, 15) is 0 Å². The number of ether oxygens (including phenoxy) is 1. The minimum absolute atomic E-state index is 0.282. The molecule has 0 aliphatic rings. The van der Waals surface area contributed by atoms with Crippen LogP contribution in [0.5, 0.6) is 5.75 Å². The van der Waals surface area contributed by atoms with Gasteiger partial charge in [0.1, 0.15) is 12.4 Å². The van der Waals surface area contributed by atoms with Crippen LogP contribution in [0.4, 0.5) is 0 Å². The zero-order valence-electron chi connectivity index (χ0n) is 11.4. The van der Waals surface area contributed by atoms with Crippen molar-refractivity contribution in [2.45, 2.75) is 26.5 Å². The average Bonchev–Trinajstić information content (AvgIpc) is 2.82. The van der Waals surface area contributed by atoms with E-state index in [1.165, 1.54) is 16.0 Å². The number of nitrogens with one attached hydrogen (secondary N) is 1. The van der Waals surface area contributed by atoms with E-state index in [1.54, 1.807) is 11.3 Å². The van der Waals surface area contributed by atoms with Crippen LogP contribution in [0.15, 0.2) is 34.1 Å². The molecule has 1 aromatic heterocycles. The highest BCUT2D eigenvalue weighted by atomic mass is 79.9. The van der Waals surface area contributed by atoms with E-state index in [1.807, 2.05) is 7.05 Å². The Kier molecular flexibility index (Phi) is 5.02. The molecule has 4 heteroatoms. The van der Waals surface area contributed by atoms with Crippen molar-refractivity contribution in [2.24, 2.45) is 0 Å². The first-order chi connectivity index (χ1) is 9.10. The molecule has 1 unspecified atom stereocenters. The quantitative estimate of drug-likeness (QED) is 0.853. The third-order valence-electron chi connectivity index (χ3n) is 3.06. The normalized spacial score (nSPS) is 12.4. The lowest BCUT2D eigenvalue weighted by molar-refractivity contribution is 0.303. The largest absolute Gasteiger partial charge is 0.488 e. The Hall–Kier alpha value is -0.840. The van der Waals surface area contributed by atoms with Crippen molar-refractivity contribution in [3.05, 3.63) is 50.1 Å². The Labute approximate surface area is 126 Å². The monoisotopic (exact) mass is 339 g/mol. The van der Waals surface area contributed by atoms with Crippen molar-refractivity contribution in [3.8, 4) is 5.75 Å². The predicted octanol–water partition coefficient (Wildman–Crippen LogP) is 4.68. The molecule has 0 spiro atoms. The molecule has 0 saturated carbocycles. The van der Waals surface area contributed by atoms with Gasteiger partial charge in [0, 0.05) is 26.3 Å². The fourth-order valence-corrected chi connectivity index (χ4v) is 3.23. The van der Waals surface area contributed by atoms with E-state index in [0.29, 0.717) is 6.61 Å².